The summed E-state index contributed by atoms with van der Waals surface area (Å²) in [6.45, 7) is 4.96. The van der Waals surface area contributed by atoms with Gasteiger partial charge in [0.1, 0.15) is 17.4 Å². The first-order valence-corrected chi connectivity index (χ1v) is 10.7. The van der Waals surface area contributed by atoms with Gasteiger partial charge in [0.05, 0.1) is 19.8 Å². The summed E-state index contributed by atoms with van der Waals surface area (Å²) < 4.78 is 11.4. The maximum atomic E-state index is 13.4. The SMILES string of the molecule is COc1ccc(C#Cc2cnc3c(c2)C(=O)N([C@H](C)CO)C[C@H](C)[C@@H](CN(C)C)O3)cc1. The van der Waals surface area contributed by atoms with Crippen molar-refractivity contribution in [3.63, 3.8) is 0 Å². The van der Waals surface area contributed by atoms with Crippen molar-refractivity contribution in [1.82, 2.24) is 14.8 Å². The van der Waals surface area contributed by atoms with Crippen LogP contribution in [0.4, 0.5) is 0 Å². The Hall–Kier alpha value is -3.08. The average molecular weight is 438 g/mol. The van der Waals surface area contributed by atoms with E-state index in [9.17, 15) is 9.90 Å². The van der Waals surface area contributed by atoms with Crippen molar-refractivity contribution in [1.29, 1.82) is 0 Å². The quantitative estimate of drug-likeness (QED) is 0.724. The summed E-state index contributed by atoms with van der Waals surface area (Å²) in [4.78, 5) is 21.6. The Bertz CT molecular complexity index is 994. The Labute approximate surface area is 190 Å². The molecule has 170 valence electrons. The van der Waals surface area contributed by atoms with Gasteiger partial charge in [0.25, 0.3) is 5.91 Å². The van der Waals surface area contributed by atoms with Gasteiger partial charge in [-0.25, -0.2) is 4.98 Å². The van der Waals surface area contributed by atoms with Crippen LogP contribution in [0.3, 0.4) is 0 Å². The van der Waals surface area contributed by atoms with Gasteiger partial charge < -0.3 is 24.4 Å². The molecule has 1 aromatic carbocycles. The second kappa shape index (κ2) is 10.5. The predicted octanol–water partition coefficient (Wildman–Crippen LogP) is 2.27. The van der Waals surface area contributed by atoms with E-state index in [1.807, 2.05) is 45.3 Å². The van der Waals surface area contributed by atoms with Crippen LogP contribution in [0.2, 0.25) is 0 Å². The Balaban J connectivity index is 1.97. The molecule has 0 fully saturated rings. The largest absolute Gasteiger partial charge is 0.497 e. The molecule has 3 atom stereocenters. The van der Waals surface area contributed by atoms with Gasteiger partial charge in [0.2, 0.25) is 5.88 Å². The van der Waals surface area contributed by atoms with E-state index in [0.29, 0.717) is 30.1 Å². The molecular formula is C25H31N3O4. The third-order valence-electron chi connectivity index (χ3n) is 5.51. The van der Waals surface area contributed by atoms with Gasteiger partial charge in [-0.3, -0.25) is 4.79 Å². The average Bonchev–Trinajstić information content (AvgIpc) is 2.79. The van der Waals surface area contributed by atoms with Crippen molar-refractivity contribution in [3.8, 4) is 23.5 Å². The summed E-state index contributed by atoms with van der Waals surface area (Å²) in [7, 11) is 5.59. The fourth-order valence-corrected chi connectivity index (χ4v) is 3.57. The van der Waals surface area contributed by atoms with Crippen LogP contribution < -0.4 is 9.47 Å². The van der Waals surface area contributed by atoms with Crippen molar-refractivity contribution in [2.45, 2.75) is 26.0 Å². The highest BCUT2D eigenvalue weighted by Gasteiger charge is 2.33. The van der Waals surface area contributed by atoms with E-state index in [1.54, 1.807) is 24.3 Å². The zero-order valence-corrected chi connectivity index (χ0v) is 19.3. The summed E-state index contributed by atoms with van der Waals surface area (Å²) in [5.74, 6) is 7.10. The van der Waals surface area contributed by atoms with Gasteiger partial charge in [-0.15, -0.1) is 0 Å². The molecule has 0 unspecified atom stereocenters. The number of benzene rings is 1. The molecule has 0 saturated carbocycles. The number of aliphatic hydroxyl groups is 1. The van der Waals surface area contributed by atoms with Gasteiger partial charge >= 0.3 is 0 Å². The predicted molar refractivity (Wildman–Crippen MR) is 123 cm³/mol. The van der Waals surface area contributed by atoms with Crippen LogP contribution in [-0.4, -0.2) is 78.8 Å². The standard InChI is InChI=1S/C25H31N3O4/c1-17-14-28(18(2)16-29)25(30)22-12-20(7-6-19-8-10-21(31-5)11-9-19)13-26-24(22)32-23(17)15-27(3)4/h8-13,17-18,23,29H,14-16H2,1-5H3/t17-,18+,23+/m0/s1. The molecular weight excluding hydrogens is 406 g/mol. The highest BCUT2D eigenvalue weighted by molar-refractivity contribution is 5.97. The van der Waals surface area contributed by atoms with E-state index in [4.69, 9.17) is 9.47 Å². The maximum absolute atomic E-state index is 13.4. The lowest BCUT2D eigenvalue weighted by molar-refractivity contribution is 0.0348. The van der Waals surface area contributed by atoms with Crippen LogP contribution in [0.25, 0.3) is 0 Å². The topological polar surface area (TPSA) is 75.1 Å². The molecule has 0 aliphatic carbocycles. The molecule has 0 spiro atoms. The fraction of sp³-hybridized carbons (Fsp3) is 0.440. The number of aliphatic hydroxyl groups excluding tert-OH is 1. The number of carbonyl (C=O) groups is 1. The highest BCUT2D eigenvalue weighted by atomic mass is 16.5. The van der Waals surface area contributed by atoms with Crippen molar-refractivity contribution in [3.05, 3.63) is 53.2 Å². The molecule has 0 radical (unpaired) electrons. The normalized spacial score (nSPS) is 19.2. The summed E-state index contributed by atoms with van der Waals surface area (Å²) in [6, 6.07) is 8.85. The summed E-state index contributed by atoms with van der Waals surface area (Å²) >= 11 is 0. The van der Waals surface area contributed by atoms with Crippen LogP contribution in [-0.2, 0) is 0 Å². The molecule has 1 aliphatic heterocycles. The number of amides is 1. The highest BCUT2D eigenvalue weighted by Crippen LogP contribution is 2.27. The number of carbonyl (C=O) groups excluding carboxylic acids is 1. The number of methoxy groups -OCH3 is 1. The second-order valence-electron chi connectivity index (χ2n) is 8.44. The lowest BCUT2D eigenvalue weighted by Crippen LogP contribution is -2.49. The van der Waals surface area contributed by atoms with Gasteiger partial charge in [-0.2, -0.15) is 0 Å². The first-order chi connectivity index (χ1) is 15.3. The van der Waals surface area contributed by atoms with Crippen LogP contribution >= 0.6 is 0 Å². The number of ether oxygens (including phenoxy) is 2. The van der Waals surface area contributed by atoms with E-state index >= 15 is 0 Å². The molecule has 1 aromatic heterocycles. The van der Waals surface area contributed by atoms with Gasteiger partial charge in [0.15, 0.2) is 0 Å². The Kier molecular flexibility index (Phi) is 7.73. The maximum Gasteiger partial charge on any atom is 0.259 e. The van der Waals surface area contributed by atoms with E-state index in [2.05, 4.69) is 28.6 Å². The summed E-state index contributed by atoms with van der Waals surface area (Å²) in [5.41, 5.74) is 1.81. The van der Waals surface area contributed by atoms with E-state index in [0.717, 1.165) is 11.3 Å². The zero-order chi connectivity index (χ0) is 23.3. The number of aromatic nitrogens is 1. The minimum absolute atomic E-state index is 0.0693. The van der Waals surface area contributed by atoms with E-state index in [1.165, 1.54) is 0 Å². The number of likely N-dealkylation sites (N-methyl/N-ethyl adjacent to an activating group) is 1. The number of hydrogen-bond donors (Lipinski definition) is 1. The van der Waals surface area contributed by atoms with Gasteiger partial charge in [-0.1, -0.05) is 18.8 Å². The molecule has 7 heteroatoms. The minimum atomic E-state index is -0.315. The molecule has 32 heavy (non-hydrogen) atoms. The number of fused-ring (bicyclic) bond motifs is 1. The minimum Gasteiger partial charge on any atom is -0.497 e. The fourth-order valence-electron chi connectivity index (χ4n) is 3.57. The Morgan fingerprint density at radius 1 is 1.28 bits per heavy atom. The third kappa shape index (κ3) is 5.58. The smallest absolute Gasteiger partial charge is 0.259 e. The first kappa shape index (κ1) is 23.6. The summed E-state index contributed by atoms with van der Waals surface area (Å²) in [6.07, 6.45) is 1.48. The molecule has 7 nitrogen and oxygen atoms in total. The Morgan fingerprint density at radius 3 is 2.59 bits per heavy atom. The van der Waals surface area contributed by atoms with E-state index < -0.39 is 0 Å². The molecule has 1 N–H and O–H groups in total. The Morgan fingerprint density at radius 2 is 1.97 bits per heavy atom. The van der Waals surface area contributed by atoms with Gasteiger partial charge in [0, 0.05) is 36.3 Å². The van der Waals surface area contributed by atoms with Crippen LogP contribution in [0, 0.1) is 17.8 Å². The zero-order valence-electron chi connectivity index (χ0n) is 19.3. The lowest BCUT2D eigenvalue weighted by Gasteiger charge is -2.37. The van der Waals surface area contributed by atoms with Gasteiger partial charge in [-0.05, 0) is 51.4 Å². The lowest BCUT2D eigenvalue weighted by atomic mass is 10.00. The molecule has 2 aromatic rings. The molecule has 2 heterocycles. The molecule has 1 amide bonds. The molecule has 0 saturated heterocycles. The van der Waals surface area contributed by atoms with E-state index in [-0.39, 0.29) is 30.6 Å². The van der Waals surface area contributed by atoms with Crippen molar-refractivity contribution in [2.24, 2.45) is 5.92 Å². The third-order valence-corrected chi connectivity index (χ3v) is 5.51. The van der Waals surface area contributed by atoms with Crippen LogP contribution in [0.1, 0.15) is 35.3 Å². The monoisotopic (exact) mass is 437 g/mol. The van der Waals surface area contributed by atoms with Crippen LogP contribution in [0.5, 0.6) is 11.6 Å². The van der Waals surface area contributed by atoms with Crippen LogP contribution in [0.15, 0.2) is 36.5 Å². The first-order valence-electron chi connectivity index (χ1n) is 10.7. The number of rotatable bonds is 5. The number of nitrogens with zero attached hydrogens (tertiary/aromatic N) is 3. The van der Waals surface area contributed by atoms with Crippen molar-refractivity contribution >= 4 is 5.91 Å². The number of pyridine rings is 1. The molecule has 1 aliphatic rings. The molecule has 0 bridgehead atoms. The number of hydrogen-bond acceptors (Lipinski definition) is 6. The summed E-state index contributed by atoms with van der Waals surface area (Å²) in [5, 5.41) is 9.73. The van der Waals surface area contributed by atoms with Crippen molar-refractivity contribution < 1.29 is 19.4 Å². The molecule has 3 rings (SSSR count). The second-order valence-corrected chi connectivity index (χ2v) is 8.44. The van der Waals surface area contributed by atoms with Crippen molar-refractivity contribution in [2.75, 3.05) is 40.9 Å².